The van der Waals surface area contributed by atoms with Crippen molar-refractivity contribution in [2.75, 3.05) is 58.3 Å². The lowest BCUT2D eigenvalue weighted by atomic mass is 10.2. The summed E-state index contributed by atoms with van der Waals surface area (Å²) in [4.78, 5) is 22.9. The Kier molecular flexibility index (Phi) is 11.0. The highest BCUT2D eigenvalue weighted by Crippen LogP contribution is 2.32. The van der Waals surface area contributed by atoms with E-state index >= 15 is 0 Å². The van der Waals surface area contributed by atoms with E-state index in [1.165, 1.54) is 28.2 Å². The van der Waals surface area contributed by atoms with Crippen LogP contribution in [0.2, 0.25) is 5.02 Å². The lowest BCUT2D eigenvalue weighted by molar-refractivity contribution is -0.384. The van der Waals surface area contributed by atoms with Gasteiger partial charge in [0.25, 0.3) is 5.69 Å². The monoisotopic (exact) mass is 733 g/mol. The lowest BCUT2D eigenvalue weighted by Gasteiger charge is -2.37. The topological polar surface area (TPSA) is 91.5 Å². The Balaban J connectivity index is 0.911. The SMILES string of the molecule is O=[N+]([O-])c1cc(SNc2ccc(N3CCN(c4cccc(-n5ccnc5-c5ccc(Cl)cc5)c4)CC3)cc2)ccc1NCCSc1ccccc1. The average Bonchev–Trinajstić information content (AvgIpc) is 3.67. The number of rotatable bonds is 13. The van der Waals surface area contributed by atoms with E-state index in [9.17, 15) is 10.1 Å². The van der Waals surface area contributed by atoms with Crippen molar-refractivity contribution in [1.29, 1.82) is 0 Å². The molecular formula is C39H36ClN7O2S2. The number of piperazine rings is 1. The summed E-state index contributed by atoms with van der Waals surface area (Å²) in [6.07, 6.45) is 3.82. The van der Waals surface area contributed by atoms with Gasteiger partial charge in [0, 0.05) is 100 Å². The summed E-state index contributed by atoms with van der Waals surface area (Å²) in [5.74, 6) is 1.68. The Morgan fingerprint density at radius 1 is 0.765 bits per heavy atom. The molecule has 1 saturated heterocycles. The Morgan fingerprint density at radius 2 is 1.49 bits per heavy atom. The second kappa shape index (κ2) is 16.3. The number of nitro benzene ring substituents is 1. The highest BCUT2D eigenvalue weighted by atomic mass is 35.5. The molecule has 9 nitrogen and oxygen atoms in total. The second-order valence-corrected chi connectivity index (χ2v) is 14.4. The van der Waals surface area contributed by atoms with Crippen LogP contribution in [-0.2, 0) is 0 Å². The molecule has 0 amide bonds. The number of nitrogens with zero attached hydrogens (tertiary/aromatic N) is 5. The van der Waals surface area contributed by atoms with Crippen molar-refractivity contribution in [3.05, 3.63) is 149 Å². The van der Waals surface area contributed by atoms with Gasteiger partial charge in [-0.1, -0.05) is 35.9 Å². The number of nitro groups is 1. The molecule has 1 aromatic heterocycles. The van der Waals surface area contributed by atoms with Crippen LogP contribution in [0.25, 0.3) is 17.1 Å². The van der Waals surface area contributed by atoms with E-state index in [1.54, 1.807) is 23.9 Å². The first-order chi connectivity index (χ1) is 25.0. The number of nitrogens with one attached hydrogen (secondary N) is 2. The molecular weight excluding hydrogens is 698 g/mol. The number of hydrogen-bond donors (Lipinski definition) is 2. The minimum Gasteiger partial charge on any atom is -0.379 e. The summed E-state index contributed by atoms with van der Waals surface area (Å²) >= 11 is 9.19. The quantitative estimate of drug-likeness (QED) is 0.0396. The third kappa shape index (κ3) is 8.62. The van der Waals surface area contributed by atoms with Gasteiger partial charge in [-0.05, 0) is 103 Å². The third-order valence-electron chi connectivity index (χ3n) is 8.61. The lowest BCUT2D eigenvalue weighted by Crippen LogP contribution is -2.46. The summed E-state index contributed by atoms with van der Waals surface area (Å²) in [5.41, 5.74) is 5.95. The van der Waals surface area contributed by atoms with Crippen LogP contribution in [-0.4, -0.2) is 53.0 Å². The van der Waals surface area contributed by atoms with Crippen LogP contribution in [0.1, 0.15) is 0 Å². The number of halogens is 1. The maximum Gasteiger partial charge on any atom is 0.293 e. The summed E-state index contributed by atoms with van der Waals surface area (Å²) < 4.78 is 5.45. The molecule has 1 aliphatic rings. The summed E-state index contributed by atoms with van der Waals surface area (Å²) in [6, 6.07) is 40.1. The molecule has 0 spiro atoms. The maximum absolute atomic E-state index is 11.8. The zero-order valence-electron chi connectivity index (χ0n) is 27.7. The number of thioether (sulfide) groups is 1. The van der Waals surface area contributed by atoms with E-state index in [1.807, 2.05) is 60.9 Å². The first-order valence-electron chi connectivity index (χ1n) is 16.6. The molecule has 2 heterocycles. The molecule has 0 radical (unpaired) electrons. The van der Waals surface area contributed by atoms with Crippen molar-refractivity contribution in [3.8, 4) is 17.1 Å². The molecule has 0 aliphatic carbocycles. The number of anilines is 4. The predicted molar refractivity (Wildman–Crippen MR) is 213 cm³/mol. The fourth-order valence-corrected chi connectivity index (χ4v) is 7.59. The van der Waals surface area contributed by atoms with Gasteiger partial charge >= 0.3 is 0 Å². The number of aromatic nitrogens is 2. The van der Waals surface area contributed by atoms with Crippen LogP contribution in [0.3, 0.4) is 0 Å². The van der Waals surface area contributed by atoms with Gasteiger partial charge in [0.1, 0.15) is 11.5 Å². The minimum atomic E-state index is -0.333. The van der Waals surface area contributed by atoms with E-state index in [-0.39, 0.29) is 10.6 Å². The van der Waals surface area contributed by atoms with Crippen LogP contribution in [0, 0.1) is 10.1 Å². The molecule has 1 aliphatic heterocycles. The normalized spacial score (nSPS) is 12.9. The van der Waals surface area contributed by atoms with Crippen LogP contribution in [0.5, 0.6) is 0 Å². The average molecular weight is 734 g/mol. The molecule has 5 aromatic carbocycles. The molecule has 1 fully saturated rings. The number of hydrogen-bond acceptors (Lipinski definition) is 9. The van der Waals surface area contributed by atoms with E-state index in [2.05, 4.69) is 90.1 Å². The van der Waals surface area contributed by atoms with Crippen molar-refractivity contribution in [1.82, 2.24) is 9.55 Å². The smallest absolute Gasteiger partial charge is 0.293 e. The van der Waals surface area contributed by atoms with E-state index in [4.69, 9.17) is 11.6 Å². The van der Waals surface area contributed by atoms with Crippen LogP contribution >= 0.6 is 35.3 Å². The molecule has 0 atom stereocenters. The largest absolute Gasteiger partial charge is 0.379 e. The Labute approximate surface area is 310 Å². The van der Waals surface area contributed by atoms with Crippen molar-refractivity contribution in [3.63, 3.8) is 0 Å². The second-order valence-electron chi connectivity index (χ2n) is 11.9. The van der Waals surface area contributed by atoms with Gasteiger partial charge in [0.05, 0.1) is 4.92 Å². The van der Waals surface area contributed by atoms with Crippen LogP contribution in [0.15, 0.2) is 144 Å². The standard InChI is InChI=1S/C39H36ClN7O2S2/c40-30-11-9-29(10-12-30)39-42-19-21-46(39)34-6-4-5-33(27-34)45-24-22-44(23-25-45)32-15-13-31(14-16-32)43-51-36-17-18-37(38(28-36)47(48)49)41-20-26-50-35-7-2-1-3-8-35/h1-19,21,27-28,41,43H,20,22-26H2. The molecule has 6 aromatic rings. The highest BCUT2D eigenvalue weighted by Gasteiger charge is 2.19. The van der Waals surface area contributed by atoms with Crippen molar-refractivity contribution in [2.45, 2.75) is 9.79 Å². The van der Waals surface area contributed by atoms with E-state index in [0.717, 1.165) is 59.6 Å². The van der Waals surface area contributed by atoms with Gasteiger partial charge in [-0.15, -0.1) is 11.8 Å². The summed E-state index contributed by atoms with van der Waals surface area (Å²) in [6.45, 7) is 4.24. The maximum atomic E-state index is 11.8. The molecule has 2 N–H and O–H groups in total. The summed E-state index contributed by atoms with van der Waals surface area (Å²) in [5, 5.41) is 15.8. The van der Waals surface area contributed by atoms with Crippen LogP contribution < -0.4 is 19.8 Å². The first kappa shape index (κ1) is 34.4. The van der Waals surface area contributed by atoms with Gasteiger partial charge in [-0.2, -0.15) is 0 Å². The Hall–Kier alpha value is -5.10. The van der Waals surface area contributed by atoms with Gasteiger partial charge in [-0.3, -0.25) is 14.7 Å². The predicted octanol–water partition coefficient (Wildman–Crippen LogP) is 9.75. The zero-order valence-corrected chi connectivity index (χ0v) is 30.1. The van der Waals surface area contributed by atoms with E-state index < -0.39 is 0 Å². The van der Waals surface area contributed by atoms with Crippen LogP contribution in [0.4, 0.5) is 28.4 Å². The minimum absolute atomic E-state index is 0.0668. The molecule has 7 rings (SSSR count). The fraction of sp³-hybridized carbons (Fsp3) is 0.154. The Bertz CT molecular complexity index is 2070. The zero-order chi connectivity index (χ0) is 35.0. The van der Waals surface area contributed by atoms with Gasteiger partial charge in [0.2, 0.25) is 0 Å². The highest BCUT2D eigenvalue weighted by molar-refractivity contribution is 8.00. The molecule has 258 valence electrons. The van der Waals surface area contributed by atoms with Gasteiger partial charge in [0.15, 0.2) is 0 Å². The fourth-order valence-electron chi connectivity index (χ4n) is 5.99. The number of imidazole rings is 1. The van der Waals surface area contributed by atoms with E-state index in [0.29, 0.717) is 17.3 Å². The Morgan fingerprint density at radius 3 is 2.24 bits per heavy atom. The summed E-state index contributed by atoms with van der Waals surface area (Å²) in [7, 11) is 0. The molecule has 51 heavy (non-hydrogen) atoms. The molecule has 0 unspecified atom stereocenters. The van der Waals surface area contributed by atoms with Gasteiger partial charge < -0.3 is 19.8 Å². The first-order valence-corrected chi connectivity index (χ1v) is 18.8. The van der Waals surface area contributed by atoms with Gasteiger partial charge in [-0.25, -0.2) is 4.98 Å². The van der Waals surface area contributed by atoms with Crippen molar-refractivity contribution in [2.24, 2.45) is 0 Å². The molecule has 0 bridgehead atoms. The number of benzene rings is 5. The van der Waals surface area contributed by atoms with Crippen molar-refractivity contribution < 1.29 is 4.92 Å². The third-order valence-corrected chi connectivity index (χ3v) is 10.7. The molecule has 0 saturated carbocycles. The molecule has 12 heteroatoms. The van der Waals surface area contributed by atoms with Crippen molar-refractivity contribution >= 4 is 63.7 Å².